The minimum atomic E-state index is -0.972. The van der Waals surface area contributed by atoms with Gasteiger partial charge in [-0.15, -0.1) is 0 Å². The van der Waals surface area contributed by atoms with Gasteiger partial charge in [-0.1, -0.05) is 12.2 Å². The van der Waals surface area contributed by atoms with Gasteiger partial charge in [0.1, 0.15) is 0 Å². The molecule has 1 aliphatic heterocycles. The van der Waals surface area contributed by atoms with Gasteiger partial charge in [0.2, 0.25) is 0 Å². The number of carbonyl (C=O) groups excluding carboxylic acids is 1. The van der Waals surface area contributed by atoms with Crippen LogP contribution in [0.1, 0.15) is 12.8 Å². The second kappa shape index (κ2) is 5.16. The molecule has 0 bridgehead atoms. The van der Waals surface area contributed by atoms with Gasteiger partial charge in [0.15, 0.2) is 11.6 Å². The molecule has 1 aromatic carbocycles. The van der Waals surface area contributed by atoms with Crippen LogP contribution in [0.25, 0.3) is 0 Å². The summed E-state index contributed by atoms with van der Waals surface area (Å²) >= 11 is 0. The van der Waals surface area contributed by atoms with Crippen molar-refractivity contribution >= 4 is 11.7 Å². The second-order valence-corrected chi connectivity index (χ2v) is 4.30. The maximum Gasteiger partial charge on any atom is 0.321 e. The Hall–Kier alpha value is -1.91. The van der Waals surface area contributed by atoms with Crippen LogP contribution in [-0.2, 0) is 0 Å². The zero-order valence-electron chi connectivity index (χ0n) is 9.88. The highest BCUT2D eigenvalue weighted by Gasteiger charge is 2.18. The SMILES string of the molecule is C=C1CCN(C(=O)Nc2ccc(F)c(F)c2)CC1. The number of halogens is 2. The van der Waals surface area contributed by atoms with Crippen LogP contribution in [0.2, 0.25) is 0 Å². The van der Waals surface area contributed by atoms with Crippen molar-refractivity contribution in [1.82, 2.24) is 4.90 Å². The Morgan fingerprint density at radius 1 is 1.22 bits per heavy atom. The molecule has 0 aliphatic carbocycles. The maximum absolute atomic E-state index is 13.0. The largest absolute Gasteiger partial charge is 0.324 e. The Labute approximate surface area is 104 Å². The van der Waals surface area contributed by atoms with E-state index in [2.05, 4.69) is 11.9 Å². The van der Waals surface area contributed by atoms with E-state index in [0.29, 0.717) is 13.1 Å². The van der Waals surface area contributed by atoms with Crippen molar-refractivity contribution in [1.29, 1.82) is 0 Å². The van der Waals surface area contributed by atoms with Crippen LogP contribution >= 0.6 is 0 Å². The minimum Gasteiger partial charge on any atom is -0.324 e. The van der Waals surface area contributed by atoms with E-state index in [1.807, 2.05) is 0 Å². The van der Waals surface area contributed by atoms with Gasteiger partial charge in [0.25, 0.3) is 0 Å². The number of likely N-dealkylation sites (tertiary alicyclic amines) is 1. The van der Waals surface area contributed by atoms with Crippen molar-refractivity contribution in [3.8, 4) is 0 Å². The first kappa shape index (κ1) is 12.5. The Kier molecular flexibility index (Phi) is 3.60. The number of hydrogen-bond acceptors (Lipinski definition) is 1. The van der Waals surface area contributed by atoms with E-state index in [4.69, 9.17) is 0 Å². The van der Waals surface area contributed by atoms with Crippen molar-refractivity contribution in [3.05, 3.63) is 42.0 Å². The second-order valence-electron chi connectivity index (χ2n) is 4.30. The predicted molar refractivity (Wildman–Crippen MR) is 65.3 cm³/mol. The summed E-state index contributed by atoms with van der Waals surface area (Å²) in [6.07, 6.45) is 1.57. The lowest BCUT2D eigenvalue weighted by atomic mass is 10.1. The van der Waals surface area contributed by atoms with Gasteiger partial charge in [-0.3, -0.25) is 0 Å². The standard InChI is InChI=1S/C13H14F2N2O/c1-9-4-6-17(7-5-9)13(18)16-10-2-3-11(14)12(15)8-10/h2-3,8H,1,4-7H2,(H,16,18). The summed E-state index contributed by atoms with van der Waals surface area (Å²) in [4.78, 5) is 13.5. The fourth-order valence-electron chi connectivity index (χ4n) is 1.80. The summed E-state index contributed by atoms with van der Waals surface area (Å²) in [5.74, 6) is -1.90. The first-order valence-corrected chi connectivity index (χ1v) is 5.74. The fraction of sp³-hybridized carbons (Fsp3) is 0.308. The molecule has 1 saturated heterocycles. The van der Waals surface area contributed by atoms with Crippen molar-refractivity contribution in [2.75, 3.05) is 18.4 Å². The number of carbonyl (C=O) groups is 1. The van der Waals surface area contributed by atoms with E-state index in [-0.39, 0.29) is 11.7 Å². The number of anilines is 1. The highest BCUT2D eigenvalue weighted by molar-refractivity contribution is 5.89. The number of hydrogen-bond donors (Lipinski definition) is 1. The molecule has 0 aromatic heterocycles. The molecule has 0 radical (unpaired) electrons. The molecule has 3 nitrogen and oxygen atoms in total. The highest BCUT2D eigenvalue weighted by atomic mass is 19.2. The number of rotatable bonds is 1. The van der Waals surface area contributed by atoms with Gasteiger partial charge in [-0.2, -0.15) is 0 Å². The van der Waals surface area contributed by atoms with Gasteiger partial charge in [0, 0.05) is 24.8 Å². The molecule has 2 rings (SSSR count). The first-order chi connectivity index (χ1) is 8.56. The first-order valence-electron chi connectivity index (χ1n) is 5.74. The number of nitrogens with one attached hydrogen (secondary N) is 1. The summed E-state index contributed by atoms with van der Waals surface area (Å²) in [5.41, 5.74) is 1.38. The Morgan fingerprint density at radius 3 is 2.50 bits per heavy atom. The van der Waals surface area contributed by atoms with E-state index < -0.39 is 11.6 Å². The number of benzene rings is 1. The average Bonchev–Trinajstić information content (AvgIpc) is 2.34. The van der Waals surface area contributed by atoms with Gasteiger partial charge in [-0.25, -0.2) is 13.6 Å². The quantitative estimate of drug-likeness (QED) is 0.765. The summed E-state index contributed by atoms with van der Waals surface area (Å²) in [5, 5.41) is 2.55. The molecule has 1 heterocycles. The fourth-order valence-corrected chi connectivity index (χ4v) is 1.80. The topological polar surface area (TPSA) is 32.3 Å². The van der Waals surface area contributed by atoms with Crippen LogP contribution in [0, 0.1) is 11.6 Å². The maximum atomic E-state index is 13.0. The van der Waals surface area contributed by atoms with Crippen molar-refractivity contribution in [2.24, 2.45) is 0 Å². The molecular weight excluding hydrogens is 238 g/mol. The zero-order valence-corrected chi connectivity index (χ0v) is 9.88. The summed E-state index contributed by atoms with van der Waals surface area (Å²) < 4.78 is 25.7. The molecular formula is C13H14F2N2O. The third-order valence-electron chi connectivity index (χ3n) is 2.93. The normalized spacial score (nSPS) is 15.7. The Balaban J connectivity index is 1.98. The summed E-state index contributed by atoms with van der Waals surface area (Å²) in [7, 11) is 0. The third-order valence-corrected chi connectivity index (χ3v) is 2.93. The summed E-state index contributed by atoms with van der Waals surface area (Å²) in [6.45, 7) is 5.07. The molecule has 0 saturated carbocycles. The van der Waals surface area contributed by atoms with Crippen molar-refractivity contribution in [2.45, 2.75) is 12.8 Å². The Morgan fingerprint density at radius 2 is 1.89 bits per heavy atom. The van der Waals surface area contributed by atoms with Crippen LogP contribution in [0.3, 0.4) is 0 Å². The van der Waals surface area contributed by atoms with Crippen LogP contribution in [0.15, 0.2) is 30.4 Å². The minimum absolute atomic E-state index is 0.253. The van der Waals surface area contributed by atoms with Gasteiger partial charge in [-0.05, 0) is 25.0 Å². The van der Waals surface area contributed by atoms with Crippen molar-refractivity contribution in [3.63, 3.8) is 0 Å². The monoisotopic (exact) mass is 252 g/mol. The van der Waals surface area contributed by atoms with Crippen LogP contribution in [0.5, 0.6) is 0 Å². The lowest BCUT2D eigenvalue weighted by Crippen LogP contribution is -2.39. The van der Waals surface area contributed by atoms with E-state index in [0.717, 1.165) is 30.5 Å². The molecule has 1 aliphatic rings. The van der Waals surface area contributed by atoms with Crippen LogP contribution in [0.4, 0.5) is 19.3 Å². The lowest BCUT2D eigenvalue weighted by Gasteiger charge is -2.28. The molecule has 1 N–H and O–H groups in total. The van der Waals surface area contributed by atoms with Crippen LogP contribution < -0.4 is 5.32 Å². The number of piperidine rings is 1. The Bertz CT molecular complexity index is 478. The molecule has 0 spiro atoms. The molecule has 1 fully saturated rings. The van der Waals surface area contributed by atoms with Gasteiger partial charge >= 0.3 is 6.03 Å². The van der Waals surface area contributed by atoms with Gasteiger partial charge < -0.3 is 10.2 Å². The highest BCUT2D eigenvalue weighted by Crippen LogP contribution is 2.17. The van der Waals surface area contributed by atoms with Gasteiger partial charge in [0.05, 0.1) is 0 Å². The lowest BCUT2D eigenvalue weighted by molar-refractivity contribution is 0.207. The van der Waals surface area contributed by atoms with Crippen LogP contribution in [-0.4, -0.2) is 24.0 Å². The number of nitrogens with zero attached hydrogens (tertiary/aromatic N) is 1. The predicted octanol–water partition coefficient (Wildman–Crippen LogP) is 3.15. The molecule has 18 heavy (non-hydrogen) atoms. The molecule has 96 valence electrons. The molecule has 1 aromatic rings. The average molecular weight is 252 g/mol. The smallest absolute Gasteiger partial charge is 0.321 e. The van der Waals surface area contributed by atoms with E-state index in [1.165, 1.54) is 6.07 Å². The number of amides is 2. The molecule has 5 heteroatoms. The molecule has 0 atom stereocenters. The summed E-state index contributed by atoms with van der Waals surface area (Å²) in [6, 6.07) is 2.99. The van der Waals surface area contributed by atoms with E-state index >= 15 is 0 Å². The van der Waals surface area contributed by atoms with Crippen molar-refractivity contribution < 1.29 is 13.6 Å². The zero-order chi connectivity index (χ0) is 13.1. The third kappa shape index (κ3) is 2.85. The molecule has 0 unspecified atom stereocenters. The number of urea groups is 1. The molecule has 2 amide bonds. The van der Waals surface area contributed by atoms with E-state index in [9.17, 15) is 13.6 Å². The van der Waals surface area contributed by atoms with E-state index in [1.54, 1.807) is 4.90 Å².